The van der Waals surface area contributed by atoms with Gasteiger partial charge in [0.2, 0.25) is 0 Å². The van der Waals surface area contributed by atoms with Gasteiger partial charge in [0.25, 0.3) is 0 Å². The van der Waals surface area contributed by atoms with Crippen molar-refractivity contribution in [1.82, 2.24) is 4.90 Å². The summed E-state index contributed by atoms with van der Waals surface area (Å²) in [4.78, 5) is 4.74. The third kappa shape index (κ3) is 3.34. The third-order valence-corrected chi connectivity index (χ3v) is 3.96. The maximum absolute atomic E-state index is 13.5. The maximum atomic E-state index is 13.5. The molecule has 0 amide bonds. The van der Waals surface area contributed by atoms with E-state index < -0.39 is 0 Å². The van der Waals surface area contributed by atoms with Gasteiger partial charge in [0, 0.05) is 38.4 Å². The zero-order chi connectivity index (χ0) is 14.7. The molecular weight excluding hydrogens is 265 g/mol. The van der Waals surface area contributed by atoms with Gasteiger partial charge in [-0.3, -0.25) is 4.90 Å². The molecule has 1 aliphatic heterocycles. The summed E-state index contributed by atoms with van der Waals surface area (Å²) in [5.74, 6) is -0.324. The molecule has 1 aliphatic rings. The SMILES string of the molecule is Nc1ccc(CN2CCN(c3ccccc3)CC2)cc1F. The van der Waals surface area contributed by atoms with E-state index in [0.717, 1.165) is 38.3 Å². The van der Waals surface area contributed by atoms with Gasteiger partial charge in [-0.25, -0.2) is 4.39 Å². The summed E-state index contributed by atoms with van der Waals surface area (Å²) in [6.45, 7) is 4.75. The Balaban J connectivity index is 1.57. The Bertz CT molecular complexity index is 592. The standard InChI is InChI=1S/C17H20FN3/c18-16-12-14(6-7-17(16)19)13-20-8-10-21(11-9-20)15-4-2-1-3-5-15/h1-7,12H,8-11,13,19H2. The molecule has 0 bridgehead atoms. The molecule has 2 aromatic rings. The molecule has 0 radical (unpaired) electrons. The van der Waals surface area contributed by atoms with E-state index in [2.05, 4.69) is 34.1 Å². The number of anilines is 2. The Kier molecular flexibility index (Phi) is 4.06. The van der Waals surface area contributed by atoms with Crippen molar-refractivity contribution in [2.24, 2.45) is 0 Å². The third-order valence-electron chi connectivity index (χ3n) is 3.96. The summed E-state index contributed by atoms with van der Waals surface area (Å²) < 4.78 is 13.5. The first kappa shape index (κ1) is 13.9. The Morgan fingerprint density at radius 1 is 0.952 bits per heavy atom. The van der Waals surface area contributed by atoms with Gasteiger partial charge >= 0.3 is 0 Å². The fourth-order valence-electron chi connectivity index (χ4n) is 2.73. The maximum Gasteiger partial charge on any atom is 0.146 e. The molecule has 4 heteroatoms. The van der Waals surface area contributed by atoms with Crippen LogP contribution in [0.25, 0.3) is 0 Å². The summed E-state index contributed by atoms with van der Waals surface area (Å²) >= 11 is 0. The highest BCUT2D eigenvalue weighted by atomic mass is 19.1. The van der Waals surface area contributed by atoms with Crippen LogP contribution in [-0.4, -0.2) is 31.1 Å². The van der Waals surface area contributed by atoms with Crippen molar-refractivity contribution >= 4 is 11.4 Å². The molecule has 1 fully saturated rings. The van der Waals surface area contributed by atoms with Crippen molar-refractivity contribution in [2.75, 3.05) is 36.8 Å². The summed E-state index contributed by atoms with van der Waals surface area (Å²) in [6, 6.07) is 15.6. The zero-order valence-electron chi connectivity index (χ0n) is 12.0. The van der Waals surface area contributed by atoms with Crippen LogP contribution in [0.5, 0.6) is 0 Å². The van der Waals surface area contributed by atoms with Crippen LogP contribution in [0.15, 0.2) is 48.5 Å². The van der Waals surface area contributed by atoms with Gasteiger partial charge in [0.1, 0.15) is 5.82 Å². The van der Waals surface area contributed by atoms with Gasteiger partial charge in [-0.1, -0.05) is 24.3 Å². The highest BCUT2D eigenvalue weighted by Gasteiger charge is 2.17. The second-order valence-corrected chi connectivity index (χ2v) is 5.45. The second-order valence-electron chi connectivity index (χ2n) is 5.45. The molecule has 1 saturated heterocycles. The number of piperazine rings is 1. The van der Waals surface area contributed by atoms with Crippen molar-refractivity contribution in [2.45, 2.75) is 6.54 Å². The number of nitrogen functional groups attached to an aromatic ring is 1. The molecule has 2 aromatic carbocycles. The van der Waals surface area contributed by atoms with Gasteiger partial charge in [0.15, 0.2) is 0 Å². The number of hydrogen-bond acceptors (Lipinski definition) is 3. The lowest BCUT2D eigenvalue weighted by Crippen LogP contribution is -2.45. The first-order valence-corrected chi connectivity index (χ1v) is 7.28. The highest BCUT2D eigenvalue weighted by molar-refractivity contribution is 5.46. The number of benzene rings is 2. The molecule has 0 aliphatic carbocycles. The van der Waals surface area contributed by atoms with Crippen LogP contribution in [0.1, 0.15) is 5.56 Å². The predicted molar refractivity (Wildman–Crippen MR) is 84.7 cm³/mol. The normalized spacial score (nSPS) is 16.1. The lowest BCUT2D eigenvalue weighted by molar-refractivity contribution is 0.249. The zero-order valence-corrected chi connectivity index (χ0v) is 12.0. The molecule has 0 aromatic heterocycles. The smallest absolute Gasteiger partial charge is 0.146 e. The molecule has 110 valence electrons. The lowest BCUT2D eigenvalue weighted by atomic mass is 10.1. The van der Waals surface area contributed by atoms with Crippen LogP contribution in [0, 0.1) is 5.82 Å². The van der Waals surface area contributed by atoms with Crippen molar-refractivity contribution in [3.63, 3.8) is 0 Å². The number of hydrogen-bond donors (Lipinski definition) is 1. The van der Waals surface area contributed by atoms with E-state index in [1.54, 1.807) is 12.1 Å². The van der Waals surface area contributed by atoms with Gasteiger partial charge in [0.05, 0.1) is 5.69 Å². The second kappa shape index (κ2) is 6.14. The van der Waals surface area contributed by atoms with Crippen LogP contribution in [0.4, 0.5) is 15.8 Å². The summed E-state index contributed by atoms with van der Waals surface area (Å²) in [6.07, 6.45) is 0. The minimum atomic E-state index is -0.324. The van der Waals surface area contributed by atoms with E-state index in [0.29, 0.717) is 0 Å². The average Bonchev–Trinajstić information content (AvgIpc) is 2.53. The largest absolute Gasteiger partial charge is 0.396 e. The Morgan fingerprint density at radius 3 is 2.33 bits per heavy atom. The number of nitrogens with zero attached hydrogens (tertiary/aromatic N) is 2. The van der Waals surface area contributed by atoms with Gasteiger partial charge < -0.3 is 10.6 Å². The Hall–Kier alpha value is -2.07. The quantitative estimate of drug-likeness (QED) is 0.880. The Morgan fingerprint density at radius 2 is 1.67 bits per heavy atom. The molecule has 1 heterocycles. The molecule has 0 unspecified atom stereocenters. The number of halogens is 1. The van der Waals surface area contributed by atoms with Crippen molar-refractivity contribution < 1.29 is 4.39 Å². The van der Waals surface area contributed by atoms with E-state index in [-0.39, 0.29) is 11.5 Å². The van der Waals surface area contributed by atoms with E-state index in [1.807, 2.05) is 12.1 Å². The monoisotopic (exact) mass is 285 g/mol. The summed E-state index contributed by atoms with van der Waals surface area (Å²) in [5.41, 5.74) is 7.98. The fraction of sp³-hybridized carbons (Fsp3) is 0.294. The van der Waals surface area contributed by atoms with Crippen molar-refractivity contribution in [3.05, 3.63) is 59.9 Å². The minimum Gasteiger partial charge on any atom is -0.396 e. The molecule has 0 atom stereocenters. The van der Waals surface area contributed by atoms with Gasteiger partial charge in [-0.15, -0.1) is 0 Å². The van der Waals surface area contributed by atoms with Crippen molar-refractivity contribution in [1.29, 1.82) is 0 Å². The lowest BCUT2D eigenvalue weighted by Gasteiger charge is -2.36. The predicted octanol–water partition coefficient (Wildman–Crippen LogP) is 2.73. The van der Waals surface area contributed by atoms with Gasteiger partial charge in [-0.2, -0.15) is 0 Å². The molecular formula is C17H20FN3. The van der Waals surface area contributed by atoms with E-state index in [9.17, 15) is 4.39 Å². The fourth-order valence-corrected chi connectivity index (χ4v) is 2.73. The first-order chi connectivity index (χ1) is 10.2. The minimum absolute atomic E-state index is 0.215. The molecule has 0 spiro atoms. The van der Waals surface area contributed by atoms with Crippen LogP contribution in [-0.2, 0) is 6.54 Å². The molecule has 0 saturated carbocycles. The average molecular weight is 285 g/mol. The highest BCUT2D eigenvalue weighted by Crippen LogP contribution is 2.18. The molecule has 2 N–H and O–H groups in total. The molecule has 3 rings (SSSR count). The van der Waals surface area contributed by atoms with E-state index in [4.69, 9.17) is 5.73 Å². The van der Waals surface area contributed by atoms with Crippen molar-refractivity contribution in [3.8, 4) is 0 Å². The van der Waals surface area contributed by atoms with Crippen LogP contribution in [0.3, 0.4) is 0 Å². The topological polar surface area (TPSA) is 32.5 Å². The van der Waals surface area contributed by atoms with Crippen LogP contribution < -0.4 is 10.6 Å². The molecule has 3 nitrogen and oxygen atoms in total. The first-order valence-electron chi connectivity index (χ1n) is 7.28. The molecule has 21 heavy (non-hydrogen) atoms. The number of para-hydroxylation sites is 1. The number of rotatable bonds is 3. The van der Waals surface area contributed by atoms with E-state index in [1.165, 1.54) is 5.69 Å². The number of nitrogens with two attached hydrogens (primary N) is 1. The van der Waals surface area contributed by atoms with E-state index >= 15 is 0 Å². The summed E-state index contributed by atoms with van der Waals surface area (Å²) in [7, 11) is 0. The van der Waals surface area contributed by atoms with Gasteiger partial charge in [-0.05, 0) is 29.8 Å². The van der Waals surface area contributed by atoms with Crippen LogP contribution >= 0.6 is 0 Å². The van der Waals surface area contributed by atoms with Crippen LogP contribution in [0.2, 0.25) is 0 Å². The Labute approximate surface area is 124 Å². The summed E-state index contributed by atoms with van der Waals surface area (Å²) in [5, 5.41) is 0.